The molecule has 2 aliphatic rings. The number of nitrogen functional groups attached to an aromatic ring is 1. The fourth-order valence-corrected chi connectivity index (χ4v) is 3.89. The van der Waals surface area contributed by atoms with Gasteiger partial charge >= 0.3 is 0 Å². The summed E-state index contributed by atoms with van der Waals surface area (Å²) >= 11 is 0. The van der Waals surface area contributed by atoms with E-state index in [4.69, 9.17) is 10.7 Å². The van der Waals surface area contributed by atoms with E-state index < -0.39 is 0 Å². The Bertz CT molecular complexity index is 749. The molecule has 3 unspecified atom stereocenters. The van der Waals surface area contributed by atoms with Gasteiger partial charge in [0.2, 0.25) is 5.95 Å². The topological polar surface area (TPSA) is 76.7 Å². The van der Waals surface area contributed by atoms with E-state index in [2.05, 4.69) is 36.1 Å². The molecule has 0 amide bonds. The Labute approximate surface area is 137 Å². The highest BCUT2D eigenvalue weighted by Crippen LogP contribution is 2.54. The van der Waals surface area contributed by atoms with E-state index in [1.807, 2.05) is 12.4 Å². The van der Waals surface area contributed by atoms with Crippen molar-refractivity contribution in [3.05, 3.63) is 18.0 Å². The SMILES string of the molecule is CC(C)(C)Nc1ncc2c(N)ncc(C3CCC4CC4C3)c2n1. The third kappa shape index (κ3) is 2.84. The summed E-state index contributed by atoms with van der Waals surface area (Å²) in [6, 6.07) is 0. The Morgan fingerprint density at radius 1 is 1.09 bits per heavy atom. The van der Waals surface area contributed by atoms with Crippen LogP contribution < -0.4 is 11.1 Å². The van der Waals surface area contributed by atoms with Gasteiger partial charge in [0, 0.05) is 23.5 Å². The number of nitrogens with zero attached hydrogens (tertiary/aromatic N) is 3. The van der Waals surface area contributed by atoms with Crippen LogP contribution in [0.3, 0.4) is 0 Å². The lowest BCUT2D eigenvalue weighted by molar-refractivity contribution is 0.424. The van der Waals surface area contributed by atoms with Crippen molar-refractivity contribution in [2.45, 2.75) is 57.9 Å². The predicted octanol–water partition coefficient (Wildman–Crippen LogP) is 3.72. The Morgan fingerprint density at radius 2 is 1.91 bits per heavy atom. The van der Waals surface area contributed by atoms with Crippen LogP contribution in [0.15, 0.2) is 12.4 Å². The largest absolute Gasteiger partial charge is 0.383 e. The molecule has 0 aliphatic heterocycles. The summed E-state index contributed by atoms with van der Waals surface area (Å²) in [5.74, 6) is 3.66. The first-order valence-corrected chi connectivity index (χ1v) is 8.60. The molecule has 23 heavy (non-hydrogen) atoms. The summed E-state index contributed by atoms with van der Waals surface area (Å²) in [6.07, 6.45) is 9.04. The van der Waals surface area contributed by atoms with Gasteiger partial charge in [0.25, 0.3) is 0 Å². The lowest BCUT2D eigenvalue weighted by Gasteiger charge is -2.24. The van der Waals surface area contributed by atoms with Crippen LogP contribution in [0, 0.1) is 11.8 Å². The van der Waals surface area contributed by atoms with Crippen molar-refractivity contribution >= 4 is 22.7 Å². The van der Waals surface area contributed by atoms with Gasteiger partial charge in [-0.1, -0.05) is 0 Å². The van der Waals surface area contributed by atoms with Crippen LogP contribution in [0.25, 0.3) is 10.9 Å². The zero-order chi connectivity index (χ0) is 16.2. The highest BCUT2D eigenvalue weighted by Gasteiger charge is 2.42. The molecule has 0 saturated heterocycles. The zero-order valence-corrected chi connectivity index (χ0v) is 14.1. The predicted molar refractivity (Wildman–Crippen MR) is 93.3 cm³/mol. The highest BCUT2D eigenvalue weighted by atomic mass is 15.1. The molecule has 4 rings (SSSR count). The summed E-state index contributed by atoms with van der Waals surface area (Å²) in [4.78, 5) is 13.6. The summed E-state index contributed by atoms with van der Waals surface area (Å²) in [5.41, 5.74) is 8.21. The molecule has 3 atom stereocenters. The molecule has 0 aromatic carbocycles. The fourth-order valence-electron chi connectivity index (χ4n) is 3.89. The molecule has 0 bridgehead atoms. The normalized spacial score (nSPS) is 26.8. The minimum atomic E-state index is -0.0709. The van der Waals surface area contributed by atoms with Crippen molar-refractivity contribution in [2.75, 3.05) is 11.1 Å². The molecule has 5 nitrogen and oxygen atoms in total. The van der Waals surface area contributed by atoms with Crippen molar-refractivity contribution in [3.8, 4) is 0 Å². The molecule has 2 fully saturated rings. The van der Waals surface area contributed by atoms with E-state index in [0.717, 1.165) is 22.7 Å². The monoisotopic (exact) mass is 311 g/mol. The minimum Gasteiger partial charge on any atom is -0.383 e. The van der Waals surface area contributed by atoms with Gasteiger partial charge in [-0.2, -0.15) is 0 Å². The van der Waals surface area contributed by atoms with Gasteiger partial charge in [-0.15, -0.1) is 0 Å². The van der Waals surface area contributed by atoms with Gasteiger partial charge in [-0.3, -0.25) is 0 Å². The summed E-state index contributed by atoms with van der Waals surface area (Å²) in [5, 5.41) is 4.23. The first-order valence-electron chi connectivity index (χ1n) is 8.60. The molecule has 0 radical (unpaired) electrons. The molecule has 5 heteroatoms. The number of fused-ring (bicyclic) bond motifs is 2. The van der Waals surface area contributed by atoms with Gasteiger partial charge in [-0.25, -0.2) is 15.0 Å². The summed E-state index contributed by atoms with van der Waals surface area (Å²) in [6.45, 7) is 6.32. The lowest BCUT2D eigenvalue weighted by Crippen LogP contribution is -2.27. The molecule has 0 spiro atoms. The van der Waals surface area contributed by atoms with Crippen LogP contribution in [0.4, 0.5) is 11.8 Å². The van der Waals surface area contributed by atoms with Crippen molar-refractivity contribution in [2.24, 2.45) is 11.8 Å². The van der Waals surface area contributed by atoms with Crippen molar-refractivity contribution < 1.29 is 0 Å². The smallest absolute Gasteiger partial charge is 0.223 e. The van der Waals surface area contributed by atoms with Crippen molar-refractivity contribution in [1.82, 2.24) is 15.0 Å². The van der Waals surface area contributed by atoms with E-state index in [9.17, 15) is 0 Å². The van der Waals surface area contributed by atoms with Crippen LogP contribution in [-0.2, 0) is 0 Å². The Morgan fingerprint density at radius 3 is 2.65 bits per heavy atom. The van der Waals surface area contributed by atoms with Gasteiger partial charge in [0.15, 0.2) is 0 Å². The van der Waals surface area contributed by atoms with Gasteiger partial charge in [0.05, 0.1) is 10.9 Å². The van der Waals surface area contributed by atoms with Gasteiger partial charge in [0.1, 0.15) is 5.82 Å². The quantitative estimate of drug-likeness (QED) is 0.884. The van der Waals surface area contributed by atoms with Crippen molar-refractivity contribution in [1.29, 1.82) is 0 Å². The van der Waals surface area contributed by atoms with Gasteiger partial charge in [-0.05, 0) is 64.2 Å². The third-order valence-corrected chi connectivity index (χ3v) is 5.15. The van der Waals surface area contributed by atoms with Crippen molar-refractivity contribution in [3.63, 3.8) is 0 Å². The van der Waals surface area contributed by atoms with Crippen LogP contribution in [-0.4, -0.2) is 20.5 Å². The Kier molecular flexibility index (Phi) is 3.22. The molecule has 2 aromatic rings. The maximum Gasteiger partial charge on any atom is 0.223 e. The van der Waals surface area contributed by atoms with Crippen LogP contribution in [0.2, 0.25) is 0 Å². The number of nitrogens with one attached hydrogen (secondary N) is 1. The maximum atomic E-state index is 6.06. The average molecular weight is 311 g/mol. The van der Waals surface area contributed by atoms with E-state index in [1.54, 1.807) is 0 Å². The fraction of sp³-hybridized carbons (Fsp3) is 0.611. The molecule has 2 saturated carbocycles. The van der Waals surface area contributed by atoms with Crippen LogP contribution in [0.5, 0.6) is 0 Å². The second-order valence-electron chi connectivity index (χ2n) is 8.20. The minimum absolute atomic E-state index is 0.0709. The molecule has 122 valence electrons. The second kappa shape index (κ2) is 5.05. The van der Waals surface area contributed by atoms with Crippen LogP contribution in [0.1, 0.15) is 57.9 Å². The van der Waals surface area contributed by atoms with Gasteiger partial charge < -0.3 is 11.1 Å². The van der Waals surface area contributed by atoms with E-state index in [1.165, 1.54) is 31.2 Å². The number of nitrogens with two attached hydrogens (primary N) is 1. The Hall–Kier alpha value is -1.91. The average Bonchev–Trinajstić information content (AvgIpc) is 3.24. The summed E-state index contributed by atoms with van der Waals surface area (Å²) < 4.78 is 0. The molecule has 3 N–H and O–H groups in total. The third-order valence-electron chi connectivity index (χ3n) is 5.15. The number of hydrogen-bond acceptors (Lipinski definition) is 5. The summed E-state index contributed by atoms with van der Waals surface area (Å²) in [7, 11) is 0. The molecule has 2 aliphatic carbocycles. The number of pyridine rings is 1. The molecular weight excluding hydrogens is 286 g/mol. The number of hydrogen-bond donors (Lipinski definition) is 2. The second-order valence-corrected chi connectivity index (χ2v) is 8.20. The van der Waals surface area contributed by atoms with E-state index in [0.29, 0.717) is 17.7 Å². The Balaban J connectivity index is 1.76. The highest BCUT2D eigenvalue weighted by molar-refractivity contribution is 5.90. The van der Waals surface area contributed by atoms with E-state index in [-0.39, 0.29) is 5.54 Å². The van der Waals surface area contributed by atoms with Crippen LogP contribution >= 0.6 is 0 Å². The standard InChI is InChI=1S/C18H25N5/c1-18(2,3)23-17-21-9-14-15(22-17)13(8-20-16(14)19)11-5-4-10-6-12(10)7-11/h8-12H,4-7H2,1-3H3,(H2,19,20)(H,21,22,23). The molecule has 2 aromatic heterocycles. The lowest BCUT2D eigenvalue weighted by atomic mass is 9.84. The number of rotatable bonds is 2. The zero-order valence-electron chi connectivity index (χ0n) is 14.1. The number of aromatic nitrogens is 3. The first kappa shape index (κ1) is 14.7. The molecular formula is C18H25N5. The number of anilines is 2. The molecule has 2 heterocycles. The first-order chi connectivity index (χ1) is 10.9. The maximum absolute atomic E-state index is 6.06. The van der Waals surface area contributed by atoms with E-state index >= 15 is 0 Å².